The Kier molecular flexibility index (Phi) is 14.0. The zero-order valence-corrected chi connectivity index (χ0v) is 20.3. The van der Waals surface area contributed by atoms with Crippen LogP contribution in [-0.2, 0) is 4.74 Å². The molecule has 2 unspecified atom stereocenters. The Morgan fingerprint density at radius 1 is 1.15 bits per heavy atom. The third kappa shape index (κ3) is 9.74. The molecule has 1 rings (SSSR count). The molecule has 1 saturated heterocycles. The molecule has 0 aromatic rings. The number of nitrogens with zero attached hydrogens (tertiary/aromatic N) is 2. The van der Waals surface area contributed by atoms with Gasteiger partial charge in [-0.15, -0.1) is 24.0 Å². The standard InChI is InChI=1S/C20H42N4O.HI/c1-7-21-19(22-13-11-14-24(8-2)9-3)23-16-17-12-10-15-25-18(17)20(4,5)6;/h17-18H,7-16H2,1-6H3,(H2,21,22,23);1H. The van der Waals surface area contributed by atoms with Crippen LogP contribution in [0.4, 0.5) is 0 Å². The highest BCUT2D eigenvalue weighted by Gasteiger charge is 2.35. The first-order chi connectivity index (χ1) is 11.9. The summed E-state index contributed by atoms with van der Waals surface area (Å²) in [7, 11) is 0. The summed E-state index contributed by atoms with van der Waals surface area (Å²) in [4.78, 5) is 7.32. The van der Waals surface area contributed by atoms with Crippen LogP contribution < -0.4 is 10.6 Å². The summed E-state index contributed by atoms with van der Waals surface area (Å²) in [6.07, 6.45) is 3.81. The van der Waals surface area contributed by atoms with Crippen molar-refractivity contribution in [3.8, 4) is 0 Å². The van der Waals surface area contributed by atoms with E-state index in [0.29, 0.717) is 12.0 Å². The van der Waals surface area contributed by atoms with Crippen molar-refractivity contribution in [1.82, 2.24) is 15.5 Å². The fourth-order valence-electron chi connectivity index (χ4n) is 3.59. The molecule has 0 radical (unpaired) electrons. The average molecular weight is 482 g/mol. The molecule has 0 aliphatic carbocycles. The van der Waals surface area contributed by atoms with Crippen LogP contribution in [0, 0.1) is 11.3 Å². The Hall–Kier alpha value is -0.0800. The van der Waals surface area contributed by atoms with Gasteiger partial charge in [0.2, 0.25) is 0 Å². The zero-order chi connectivity index (χ0) is 18.7. The molecule has 2 atom stereocenters. The van der Waals surface area contributed by atoms with Gasteiger partial charge in [0.15, 0.2) is 5.96 Å². The van der Waals surface area contributed by atoms with Gasteiger partial charge in [0.1, 0.15) is 0 Å². The number of hydrogen-bond acceptors (Lipinski definition) is 3. The smallest absolute Gasteiger partial charge is 0.191 e. The molecule has 1 aliphatic rings. The molecule has 1 heterocycles. The minimum absolute atomic E-state index is 0. The predicted octanol–water partition coefficient (Wildman–Crippen LogP) is 3.73. The lowest BCUT2D eigenvalue weighted by molar-refractivity contribution is -0.0823. The maximum absolute atomic E-state index is 6.08. The van der Waals surface area contributed by atoms with Crippen LogP contribution >= 0.6 is 24.0 Å². The molecule has 0 amide bonds. The minimum atomic E-state index is 0. The Labute approximate surface area is 179 Å². The average Bonchev–Trinajstić information content (AvgIpc) is 2.59. The van der Waals surface area contributed by atoms with E-state index in [0.717, 1.165) is 64.7 Å². The number of ether oxygens (including phenoxy) is 1. The van der Waals surface area contributed by atoms with Crippen LogP contribution in [0.3, 0.4) is 0 Å². The summed E-state index contributed by atoms with van der Waals surface area (Å²) >= 11 is 0. The van der Waals surface area contributed by atoms with Crippen LogP contribution in [-0.4, -0.2) is 62.8 Å². The van der Waals surface area contributed by atoms with E-state index in [4.69, 9.17) is 9.73 Å². The van der Waals surface area contributed by atoms with E-state index < -0.39 is 0 Å². The highest BCUT2D eigenvalue weighted by molar-refractivity contribution is 14.0. The number of guanidine groups is 1. The summed E-state index contributed by atoms with van der Waals surface area (Å²) in [5.74, 6) is 1.46. The molecular weight excluding hydrogens is 439 g/mol. The highest BCUT2D eigenvalue weighted by Crippen LogP contribution is 2.34. The molecule has 0 spiro atoms. The van der Waals surface area contributed by atoms with Crippen molar-refractivity contribution in [1.29, 1.82) is 0 Å². The van der Waals surface area contributed by atoms with Crippen LogP contribution in [0.5, 0.6) is 0 Å². The van der Waals surface area contributed by atoms with Crippen LogP contribution in [0.1, 0.15) is 60.8 Å². The van der Waals surface area contributed by atoms with Crippen molar-refractivity contribution in [2.24, 2.45) is 16.3 Å². The number of halogens is 1. The lowest BCUT2D eigenvalue weighted by atomic mass is 9.78. The highest BCUT2D eigenvalue weighted by atomic mass is 127. The third-order valence-electron chi connectivity index (χ3n) is 4.96. The Morgan fingerprint density at radius 3 is 2.42 bits per heavy atom. The summed E-state index contributed by atoms with van der Waals surface area (Å²) in [5.41, 5.74) is 0.177. The first-order valence-corrected chi connectivity index (χ1v) is 10.3. The summed E-state index contributed by atoms with van der Waals surface area (Å²) in [6.45, 7) is 20.4. The Bertz CT molecular complexity index is 380. The molecule has 0 aromatic heterocycles. The second-order valence-corrected chi connectivity index (χ2v) is 8.09. The normalized spacial score (nSPS) is 21.4. The number of rotatable bonds is 9. The summed E-state index contributed by atoms with van der Waals surface area (Å²) < 4.78 is 6.08. The number of nitrogens with one attached hydrogen (secondary N) is 2. The van der Waals surface area contributed by atoms with Crippen molar-refractivity contribution in [3.63, 3.8) is 0 Å². The van der Waals surface area contributed by atoms with Crippen molar-refractivity contribution in [3.05, 3.63) is 0 Å². The number of hydrogen-bond donors (Lipinski definition) is 2. The largest absolute Gasteiger partial charge is 0.377 e. The van der Waals surface area contributed by atoms with Crippen LogP contribution in [0.15, 0.2) is 4.99 Å². The van der Waals surface area contributed by atoms with Gasteiger partial charge in [-0.05, 0) is 51.2 Å². The molecule has 0 bridgehead atoms. The van der Waals surface area contributed by atoms with Crippen molar-refractivity contribution in [2.75, 3.05) is 45.9 Å². The SMILES string of the molecule is CCNC(=NCC1CCCOC1C(C)(C)C)NCCCN(CC)CC.I. The summed E-state index contributed by atoms with van der Waals surface area (Å²) in [6, 6.07) is 0. The Morgan fingerprint density at radius 2 is 1.85 bits per heavy atom. The molecule has 2 N–H and O–H groups in total. The van der Waals surface area contributed by atoms with Gasteiger partial charge >= 0.3 is 0 Å². The third-order valence-corrected chi connectivity index (χ3v) is 4.96. The van der Waals surface area contributed by atoms with Crippen LogP contribution in [0.2, 0.25) is 0 Å². The molecule has 6 heteroatoms. The van der Waals surface area contributed by atoms with Crippen LogP contribution in [0.25, 0.3) is 0 Å². The van der Waals surface area contributed by atoms with Gasteiger partial charge in [-0.25, -0.2) is 0 Å². The zero-order valence-electron chi connectivity index (χ0n) is 17.9. The van der Waals surface area contributed by atoms with Gasteiger partial charge in [0.25, 0.3) is 0 Å². The lowest BCUT2D eigenvalue weighted by Gasteiger charge is -2.39. The van der Waals surface area contributed by atoms with Crippen molar-refractivity contribution >= 4 is 29.9 Å². The molecule has 5 nitrogen and oxygen atoms in total. The van der Waals surface area contributed by atoms with Gasteiger partial charge in [0, 0.05) is 32.2 Å². The van der Waals surface area contributed by atoms with Gasteiger partial charge in [-0.3, -0.25) is 4.99 Å². The predicted molar refractivity (Wildman–Crippen MR) is 124 cm³/mol. The van der Waals surface area contributed by atoms with Gasteiger partial charge in [0.05, 0.1) is 6.10 Å². The van der Waals surface area contributed by atoms with E-state index >= 15 is 0 Å². The number of aliphatic imine (C=N–C) groups is 1. The fraction of sp³-hybridized carbons (Fsp3) is 0.950. The van der Waals surface area contributed by atoms with Gasteiger partial charge in [-0.2, -0.15) is 0 Å². The molecule has 1 aliphatic heterocycles. The Balaban J connectivity index is 0.00000625. The van der Waals surface area contributed by atoms with E-state index in [1.807, 2.05) is 0 Å². The summed E-state index contributed by atoms with van der Waals surface area (Å²) in [5, 5.41) is 6.87. The van der Waals surface area contributed by atoms with E-state index in [1.54, 1.807) is 0 Å². The molecule has 1 fully saturated rings. The monoisotopic (exact) mass is 482 g/mol. The van der Waals surface area contributed by atoms with E-state index in [2.05, 4.69) is 57.1 Å². The second-order valence-electron chi connectivity index (χ2n) is 8.09. The first-order valence-electron chi connectivity index (χ1n) is 10.3. The quantitative estimate of drug-likeness (QED) is 0.228. The molecule has 0 saturated carbocycles. The van der Waals surface area contributed by atoms with Crippen molar-refractivity contribution in [2.45, 2.75) is 66.9 Å². The van der Waals surface area contributed by atoms with Crippen molar-refractivity contribution < 1.29 is 4.74 Å². The maximum Gasteiger partial charge on any atom is 0.191 e. The van der Waals surface area contributed by atoms with E-state index in [1.165, 1.54) is 6.42 Å². The van der Waals surface area contributed by atoms with E-state index in [9.17, 15) is 0 Å². The van der Waals surface area contributed by atoms with E-state index in [-0.39, 0.29) is 29.4 Å². The molecular formula is C20H43IN4O. The van der Waals surface area contributed by atoms with Gasteiger partial charge < -0.3 is 20.3 Å². The topological polar surface area (TPSA) is 48.9 Å². The first kappa shape index (κ1) is 25.9. The molecule has 0 aromatic carbocycles. The molecule has 26 heavy (non-hydrogen) atoms. The maximum atomic E-state index is 6.08. The molecule has 156 valence electrons. The lowest BCUT2D eigenvalue weighted by Crippen LogP contribution is -2.43. The fourth-order valence-corrected chi connectivity index (χ4v) is 3.59. The minimum Gasteiger partial charge on any atom is -0.377 e. The van der Waals surface area contributed by atoms with Gasteiger partial charge in [-0.1, -0.05) is 34.6 Å². The second kappa shape index (κ2) is 14.0.